The van der Waals surface area contributed by atoms with E-state index in [0.717, 1.165) is 24.1 Å². The van der Waals surface area contributed by atoms with E-state index in [4.69, 9.17) is 5.84 Å². The molecule has 1 fully saturated rings. The number of benzene rings is 1. The van der Waals surface area contributed by atoms with Crippen molar-refractivity contribution in [2.24, 2.45) is 11.8 Å². The number of alkyl halides is 3. The van der Waals surface area contributed by atoms with Crippen molar-refractivity contribution in [1.82, 2.24) is 5.43 Å². The van der Waals surface area contributed by atoms with Crippen molar-refractivity contribution < 1.29 is 13.2 Å². The molecule has 0 amide bonds. The summed E-state index contributed by atoms with van der Waals surface area (Å²) in [4.78, 5) is 0. The lowest BCUT2D eigenvalue weighted by Crippen LogP contribution is -2.28. The van der Waals surface area contributed by atoms with E-state index in [0.29, 0.717) is 5.92 Å². The highest BCUT2D eigenvalue weighted by Crippen LogP contribution is 2.38. The Labute approximate surface area is 98.0 Å². The van der Waals surface area contributed by atoms with Gasteiger partial charge in [-0.05, 0) is 30.0 Å². The molecule has 0 spiro atoms. The molecular weight excluding hydrogens is 229 g/mol. The topological polar surface area (TPSA) is 38.0 Å². The Bertz CT molecular complexity index is 368. The highest BCUT2D eigenvalue weighted by Gasteiger charge is 2.31. The summed E-state index contributed by atoms with van der Waals surface area (Å²) in [6, 6.07) is 5.15. The molecule has 1 atom stereocenters. The molecule has 2 rings (SSSR count). The lowest BCUT2D eigenvalue weighted by molar-refractivity contribution is -0.137. The summed E-state index contributed by atoms with van der Waals surface area (Å²) >= 11 is 0. The number of nitrogens with one attached hydrogen (secondary N) is 1. The molecule has 0 heterocycles. The summed E-state index contributed by atoms with van der Waals surface area (Å²) in [5.74, 6) is 6.10. The van der Waals surface area contributed by atoms with Crippen LogP contribution in [0.15, 0.2) is 24.3 Å². The van der Waals surface area contributed by atoms with Crippen molar-refractivity contribution in [3.05, 3.63) is 35.4 Å². The van der Waals surface area contributed by atoms with Gasteiger partial charge in [0.05, 0.1) is 5.56 Å². The number of hydrogen-bond donors (Lipinski definition) is 2. The lowest BCUT2D eigenvalue weighted by atomic mass is 10.0. The van der Waals surface area contributed by atoms with E-state index in [1.165, 1.54) is 25.0 Å². The van der Waals surface area contributed by atoms with Crippen LogP contribution in [0.4, 0.5) is 13.2 Å². The first-order valence-electron chi connectivity index (χ1n) is 5.64. The fourth-order valence-electron chi connectivity index (χ4n) is 1.89. The van der Waals surface area contributed by atoms with E-state index in [1.54, 1.807) is 0 Å². The standard InChI is InChI=1S/C12H15F3N2/c13-12(14,15)10-5-3-9(4-6-10)11(17-16)7-8-1-2-8/h3-6,8,11,17H,1-2,7,16H2. The summed E-state index contributed by atoms with van der Waals surface area (Å²) < 4.78 is 37.1. The number of halogens is 3. The maximum absolute atomic E-state index is 12.4. The molecule has 2 nitrogen and oxygen atoms in total. The summed E-state index contributed by atoms with van der Waals surface area (Å²) in [6.45, 7) is 0. The third kappa shape index (κ3) is 3.20. The molecule has 1 aromatic rings. The van der Waals surface area contributed by atoms with Crippen LogP contribution in [-0.2, 0) is 6.18 Å². The maximum Gasteiger partial charge on any atom is 0.416 e. The average Bonchev–Trinajstić information content (AvgIpc) is 3.09. The summed E-state index contributed by atoms with van der Waals surface area (Å²) in [5, 5.41) is 0. The van der Waals surface area contributed by atoms with Gasteiger partial charge in [0.25, 0.3) is 0 Å². The third-order valence-corrected chi connectivity index (χ3v) is 3.11. The van der Waals surface area contributed by atoms with Gasteiger partial charge in [-0.15, -0.1) is 0 Å². The SMILES string of the molecule is NNC(CC1CC1)c1ccc(C(F)(F)F)cc1. The van der Waals surface area contributed by atoms with Crippen LogP contribution in [-0.4, -0.2) is 0 Å². The molecule has 1 unspecified atom stereocenters. The van der Waals surface area contributed by atoms with E-state index in [-0.39, 0.29) is 6.04 Å². The van der Waals surface area contributed by atoms with E-state index in [9.17, 15) is 13.2 Å². The minimum Gasteiger partial charge on any atom is -0.271 e. The van der Waals surface area contributed by atoms with Crippen molar-refractivity contribution in [1.29, 1.82) is 0 Å². The monoisotopic (exact) mass is 244 g/mol. The van der Waals surface area contributed by atoms with Gasteiger partial charge >= 0.3 is 6.18 Å². The molecule has 94 valence electrons. The zero-order valence-electron chi connectivity index (χ0n) is 9.30. The van der Waals surface area contributed by atoms with Gasteiger partial charge in [-0.3, -0.25) is 11.3 Å². The molecule has 17 heavy (non-hydrogen) atoms. The van der Waals surface area contributed by atoms with Crippen LogP contribution in [0.3, 0.4) is 0 Å². The molecule has 0 aliphatic heterocycles. The molecule has 0 bridgehead atoms. The normalized spacial score (nSPS) is 18.1. The first-order chi connectivity index (χ1) is 8.00. The summed E-state index contributed by atoms with van der Waals surface area (Å²) in [7, 11) is 0. The fraction of sp³-hybridized carbons (Fsp3) is 0.500. The van der Waals surface area contributed by atoms with Crippen LogP contribution < -0.4 is 11.3 Å². The largest absolute Gasteiger partial charge is 0.416 e. The van der Waals surface area contributed by atoms with Crippen LogP contribution in [0.2, 0.25) is 0 Å². The zero-order chi connectivity index (χ0) is 12.5. The minimum atomic E-state index is -4.28. The van der Waals surface area contributed by atoms with Crippen molar-refractivity contribution >= 4 is 0 Å². The zero-order valence-corrected chi connectivity index (χ0v) is 9.30. The van der Waals surface area contributed by atoms with Crippen LogP contribution in [0.25, 0.3) is 0 Å². The number of nitrogens with two attached hydrogens (primary N) is 1. The van der Waals surface area contributed by atoms with Gasteiger partial charge in [-0.2, -0.15) is 13.2 Å². The van der Waals surface area contributed by atoms with Gasteiger partial charge in [0.15, 0.2) is 0 Å². The Morgan fingerprint density at radius 2 is 1.82 bits per heavy atom. The second kappa shape index (κ2) is 4.66. The second-order valence-corrected chi connectivity index (χ2v) is 4.52. The Morgan fingerprint density at radius 1 is 1.24 bits per heavy atom. The molecule has 0 aromatic heterocycles. The van der Waals surface area contributed by atoms with Crippen LogP contribution in [0, 0.1) is 5.92 Å². The number of hydrazine groups is 1. The molecule has 1 aliphatic rings. The summed E-state index contributed by atoms with van der Waals surface area (Å²) in [6.07, 6.45) is -1.000. The van der Waals surface area contributed by atoms with Crippen LogP contribution in [0.5, 0.6) is 0 Å². The first kappa shape index (κ1) is 12.4. The predicted octanol–water partition coefficient (Wildman–Crippen LogP) is 3.01. The van der Waals surface area contributed by atoms with Gasteiger partial charge in [0.1, 0.15) is 0 Å². The molecule has 5 heteroatoms. The molecule has 1 saturated carbocycles. The van der Waals surface area contributed by atoms with E-state index in [2.05, 4.69) is 5.43 Å². The van der Waals surface area contributed by atoms with Crippen molar-refractivity contribution in [2.45, 2.75) is 31.5 Å². The molecular formula is C12H15F3N2. The van der Waals surface area contributed by atoms with Crippen molar-refractivity contribution in [3.63, 3.8) is 0 Å². The molecule has 1 aromatic carbocycles. The molecule has 0 radical (unpaired) electrons. The summed E-state index contributed by atoms with van der Waals surface area (Å²) in [5.41, 5.74) is 2.86. The number of rotatable bonds is 4. The van der Waals surface area contributed by atoms with Gasteiger partial charge in [0.2, 0.25) is 0 Å². The Morgan fingerprint density at radius 3 is 2.24 bits per heavy atom. The second-order valence-electron chi connectivity index (χ2n) is 4.52. The fourth-order valence-corrected chi connectivity index (χ4v) is 1.89. The van der Waals surface area contributed by atoms with E-state index < -0.39 is 11.7 Å². The maximum atomic E-state index is 12.4. The number of hydrogen-bond acceptors (Lipinski definition) is 2. The third-order valence-electron chi connectivity index (χ3n) is 3.11. The van der Waals surface area contributed by atoms with Gasteiger partial charge in [-0.1, -0.05) is 25.0 Å². The highest BCUT2D eigenvalue weighted by atomic mass is 19.4. The molecule has 0 saturated heterocycles. The van der Waals surface area contributed by atoms with Gasteiger partial charge < -0.3 is 0 Å². The smallest absolute Gasteiger partial charge is 0.271 e. The van der Waals surface area contributed by atoms with Gasteiger partial charge in [-0.25, -0.2) is 0 Å². The first-order valence-corrected chi connectivity index (χ1v) is 5.64. The van der Waals surface area contributed by atoms with Crippen LogP contribution >= 0.6 is 0 Å². The quantitative estimate of drug-likeness (QED) is 0.631. The predicted molar refractivity (Wildman–Crippen MR) is 58.8 cm³/mol. The molecule has 1 aliphatic carbocycles. The minimum absolute atomic E-state index is 0.0511. The van der Waals surface area contributed by atoms with Crippen LogP contribution in [0.1, 0.15) is 36.4 Å². The lowest BCUT2D eigenvalue weighted by Gasteiger charge is -2.16. The Balaban J connectivity index is 2.09. The van der Waals surface area contributed by atoms with Gasteiger partial charge in [0, 0.05) is 6.04 Å². The van der Waals surface area contributed by atoms with E-state index >= 15 is 0 Å². The van der Waals surface area contributed by atoms with Crippen molar-refractivity contribution in [3.8, 4) is 0 Å². The highest BCUT2D eigenvalue weighted by molar-refractivity contribution is 5.26. The van der Waals surface area contributed by atoms with E-state index in [1.807, 2.05) is 0 Å². The molecule has 3 N–H and O–H groups in total. The van der Waals surface area contributed by atoms with Crippen molar-refractivity contribution in [2.75, 3.05) is 0 Å². The Hall–Kier alpha value is -1.07. The Kier molecular flexibility index (Phi) is 3.40. The average molecular weight is 244 g/mol.